The molecule has 0 radical (unpaired) electrons. The second-order valence-electron chi connectivity index (χ2n) is 8.05. The van der Waals surface area contributed by atoms with Gasteiger partial charge >= 0.3 is 5.63 Å². The molecule has 0 aliphatic rings. The van der Waals surface area contributed by atoms with E-state index in [2.05, 4.69) is 37.3 Å². The Labute approximate surface area is 183 Å². The summed E-state index contributed by atoms with van der Waals surface area (Å²) in [6, 6.07) is 26.1. The van der Waals surface area contributed by atoms with Crippen molar-refractivity contribution in [3.8, 4) is 5.75 Å². The predicted octanol–water partition coefficient (Wildman–Crippen LogP) is 6.78. The van der Waals surface area contributed by atoms with Crippen molar-refractivity contribution >= 4 is 10.8 Å². The first kappa shape index (κ1) is 20.9. The molecule has 0 amide bonds. The van der Waals surface area contributed by atoms with E-state index in [-0.39, 0.29) is 17.6 Å². The number of hydrogen-bond donors (Lipinski definition) is 1. The van der Waals surface area contributed by atoms with Gasteiger partial charge in [-0.1, -0.05) is 86.6 Å². The Balaban J connectivity index is 1.68. The second-order valence-corrected chi connectivity index (χ2v) is 8.05. The van der Waals surface area contributed by atoms with E-state index in [9.17, 15) is 9.90 Å². The maximum atomic E-state index is 12.9. The van der Waals surface area contributed by atoms with E-state index < -0.39 is 5.63 Å². The third-order valence-electron chi connectivity index (χ3n) is 6.18. The molecule has 31 heavy (non-hydrogen) atoms. The van der Waals surface area contributed by atoms with Crippen molar-refractivity contribution in [2.45, 2.75) is 44.9 Å². The van der Waals surface area contributed by atoms with E-state index in [4.69, 9.17) is 4.42 Å². The zero-order valence-electron chi connectivity index (χ0n) is 18.0. The minimum Gasteiger partial charge on any atom is -0.507 e. The van der Waals surface area contributed by atoms with Crippen LogP contribution in [0.25, 0.3) is 10.8 Å². The number of fused-ring (bicyclic) bond motifs is 1. The van der Waals surface area contributed by atoms with Gasteiger partial charge in [0, 0.05) is 18.4 Å². The molecule has 2 unspecified atom stereocenters. The summed E-state index contributed by atoms with van der Waals surface area (Å²) in [5, 5.41) is 13.2. The molecular formula is C28H28O3. The van der Waals surface area contributed by atoms with Gasteiger partial charge < -0.3 is 9.52 Å². The topological polar surface area (TPSA) is 50.4 Å². The molecule has 0 fully saturated rings. The average Bonchev–Trinajstić information content (AvgIpc) is 2.80. The van der Waals surface area contributed by atoms with E-state index in [0.29, 0.717) is 24.2 Å². The van der Waals surface area contributed by atoms with Gasteiger partial charge in [0.2, 0.25) is 0 Å². The predicted molar refractivity (Wildman–Crippen MR) is 126 cm³/mol. The maximum Gasteiger partial charge on any atom is 0.343 e. The van der Waals surface area contributed by atoms with Gasteiger partial charge in [-0.3, -0.25) is 0 Å². The number of hydrogen-bond acceptors (Lipinski definition) is 3. The Morgan fingerprint density at radius 2 is 1.58 bits per heavy atom. The molecule has 2 atom stereocenters. The smallest absolute Gasteiger partial charge is 0.343 e. The van der Waals surface area contributed by atoms with Gasteiger partial charge in [-0.25, -0.2) is 4.79 Å². The van der Waals surface area contributed by atoms with Gasteiger partial charge in [-0.15, -0.1) is 0 Å². The second kappa shape index (κ2) is 9.22. The third-order valence-corrected chi connectivity index (χ3v) is 6.18. The van der Waals surface area contributed by atoms with Gasteiger partial charge in [0.15, 0.2) is 0 Å². The Morgan fingerprint density at radius 3 is 2.29 bits per heavy atom. The van der Waals surface area contributed by atoms with Crippen molar-refractivity contribution in [2.75, 3.05) is 0 Å². The first-order valence-corrected chi connectivity index (χ1v) is 11.0. The first-order chi connectivity index (χ1) is 15.1. The fraction of sp³-hybridized carbons (Fsp3) is 0.250. The van der Waals surface area contributed by atoms with Crippen molar-refractivity contribution in [2.24, 2.45) is 0 Å². The molecular weight excluding hydrogens is 384 g/mol. The van der Waals surface area contributed by atoms with Crippen LogP contribution < -0.4 is 5.63 Å². The third kappa shape index (κ3) is 4.27. The highest BCUT2D eigenvalue weighted by molar-refractivity contribution is 5.86. The lowest BCUT2D eigenvalue weighted by Crippen LogP contribution is -2.15. The molecule has 3 heteroatoms. The number of rotatable bonds is 7. The standard InChI is InChI=1S/C28H28O3/c1-3-19(24-16-10-14-21-13-8-9-15-25(21)24)17-22-18-26(29)27(28(30)31-22)23(4-2)20-11-6-5-7-12-20/h5-16,18-19,23,29H,3-4,17H2,1-2H3. The molecule has 4 aromatic rings. The lowest BCUT2D eigenvalue weighted by Gasteiger charge is -2.19. The van der Waals surface area contributed by atoms with Crippen molar-refractivity contribution in [1.29, 1.82) is 0 Å². The molecule has 3 aromatic carbocycles. The Kier molecular flexibility index (Phi) is 6.22. The average molecular weight is 413 g/mol. The van der Waals surface area contributed by atoms with E-state index in [0.717, 1.165) is 12.0 Å². The Hall–Kier alpha value is -3.33. The van der Waals surface area contributed by atoms with Crippen molar-refractivity contribution in [3.63, 3.8) is 0 Å². The SMILES string of the molecule is CCC(Cc1cc(O)c(C(CC)c2ccccc2)c(=O)o1)c1cccc2ccccc12. The quantitative estimate of drug-likeness (QED) is 0.364. The summed E-state index contributed by atoms with van der Waals surface area (Å²) in [4.78, 5) is 12.9. The molecule has 3 nitrogen and oxygen atoms in total. The highest BCUT2D eigenvalue weighted by Gasteiger charge is 2.23. The van der Waals surface area contributed by atoms with E-state index in [1.807, 2.05) is 49.4 Å². The zero-order valence-corrected chi connectivity index (χ0v) is 18.0. The van der Waals surface area contributed by atoms with Crippen LogP contribution in [0.2, 0.25) is 0 Å². The van der Waals surface area contributed by atoms with Crippen LogP contribution >= 0.6 is 0 Å². The maximum absolute atomic E-state index is 12.9. The molecule has 0 aliphatic carbocycles. The van der Waals surface area contributed by atoms with Gasteiger partial charge in [-0.2, -0.15) is 0 Å². The Bertz CT molecular complexity index is 1220. The van der Waals surface area contributed by atoms with Crippen molar-refractivity contribution in [3.05, 3.63) is 112 Å². The number of benzene rings is 3. The fourth-order valence-electron chi connectivity index (χ4n) is 4.58. The minimum atomic E-state index is -0.446. The first-order valence-electron chi connectivity index (χ1n) is 11.0. The molecule has 1 heterocycles. The van der Waals surface area contributed by atoms with Gasteiger partial charge in [0.1, 0.15) is 11.5 Å². The summed E-state index contributed by atoms with van der Waals surface area (Å²) >= 11 is 0. The van der Waals surface area contributed by atoms with Crippen LogP contribution in [0.1, 0.15) is 61.0 Å². The molecule has 1 N–H and O–H groups in total. The van der Waals surface area contributed by atoms with Crippen molar-refractivity contribution in [1.82, 2.24) is 0 Å². The van der Waals surface area contributed by atoms with Crippen molar-refractivity contribution < 1.29 is 9.52 Å². The van der Waals surface area contributed by atoms with Gasteiger partial charge in [0.05, 0.1) is 5.56 Å². The number of aromatic hydroxyl groups is 1. The van der Waals surface area contributed by atoms with Crippen LogP contribution in [-0.2, 0) is 6.42 Å². The summed E-state index contributed by atoms with van der Waals surface area (Å²) in [7, 11) is 0. The molecule has 158 valence electrons. The zero-order chi connectivity index (χ0) is 21.8. The van der Waals surface area contributed by atoms with E-state index >= 15 is 0 Å². The van der Waals surface area contributed by atoms with Gasteiger partial charge in [-0.05, 0) is 40.7 Å². The largest absolute Gasteiger partial charge is 0.507 e. The van der Waals surface area contributed by atoms with Crippen LogP contribution in [0, 0.1) is 0 Å². The molecule has 1 aromatic heterocycles. The van der Waals surface area contributed by atoms with Crippen LogP contribution in [0.15, 0.2) is 88.1 Å². The van der Waals surface area contributed by atoms with E-state index in [1.165, 1.54) is 16.3 Å². The molecule has 0 bridgehead atoms. The molecule has 0 saturated carbocycles. The summed E-state index contributed by atoms with van der Waals surface area (Å²) in [6.45, 7) is 4.15. The highest BCUT2D eigenvalue weighted by atomic mass is 16.4. The summed E-state index contributed by atoms with van der Waals surface area (Å²) in [6.07, 6.45) is 2.17. The van der Waals surface area contributed by atoms with Crippen LogP contribution in [0.5, 0.6) is 5.75 Å². The molecule has 4 rings (SSSR count). The summed E-state index contributed by atoms with van der Waals surface area (Å²) in [5.74, 6) is 0.547. The minimum absolute atomic E-state index is 0.0229. The summed E-state index contributed by atoms with van der Waals surface area (Å²) in [5.41, 5.74) is 2.14. The molecule has 0 aliphatic heterocycles. The lowest BCUT2D eigenvalue weighted by atomic mass is 9.87. The van der Waals surface area contributed by atoms with Gasteiger partial charge in [0.25, 0.3) is 0 Å². The Morgan fingerprint density at radius 1 is 0.871 bits per heavy atom. The van der Waals surface area contributed by atoms with Crippen LogP contribution in [0.4, 0.5) is 0 Å². The fourth-order valence-corrected chi connectivity index (χ4v) is 4.58. The lowest BCUT2D eigenvalue weighted by molar-refractivity contribution is 0.398. The highest BCUT2D eigenvalue weighted by Crippen LogP contribution is 2.34. The monoisotopic (exact) mass is 412 g/mol. The van der Waals surface area contributed by atoms with Crippen LogP contribution in [0.3, 0.4) is 0 Å². The molecule has 0 saturated heterocycles. The summed E-state index contributed by atoms with van der Waals surface area (Å²) < 4.78 is 5.74. The molecule has 0 spiro atoms. The normalized spacial score (nSPS) is 13.2. The van der Waals surface area contributed by atoms with Crippen LogP contribution in [-0.4, -0.2) is 5.11 Å². The van der Waals surface area contributed by atoms with E-state index in [1.54, 1.807) is 6.07 Å².